The molecule has 114 valence electrons. The van der Waals surface area contributed by atoms with Gasteiger partial charge in [0.15, 0.2) is 0 Å². The summed E-state index contributed by atoms with van der Waals surface area (Å²) in [5.74, 6) is 0.925. The number of nitrogens with zero attached hydrogens (tertiary/aromatic N) is 2. The third kappa shape index (κ3) is 3.01. The first-order valence-electron chi connectivity index (χ1n) is 7.59. The third-order valence-electron chi connectivity index (χ3n) is 3.96. The van der Waals surface area contributed by atoms with Crippen molar-refractivity contribution >= 4 is 17.7 Å². The monoisotopic (exact) mass is 321 g/mol. The van der Waals surface area contributed by atoms with Crippen LogP contribution in [0.15, 0.2) is 60.8 Å². The number of imidazole rings is 1. The van der Waals surface area contributed by atoms with Gasteiger partial charge in [-0.05, 0) is 23.8 Å². The van der Waals surface area contributed by atoms with Crippen molar-refractivity contribution in [3.63, 3.8) is 0 Å². The van der Waals surface area contributed by atoms with Crippen LogP contribution in [0, 0.1) is 0 Å². The molecule has 2 heterocycles. The Morgan fingerprint density at radius 1 is 1.04 bits per heavy atom. The van der Waals surface area contributed by atoms with Gasteiger partial charge in [-0.25, -0.2) is 4.98 Å². The van der Waals surface area contributed by atoms with Gasteiger partial charge in [0.1, 0.15) is 5.82 Å². The van der Waals surface area contributed by atoms with E-state index < -0.39 is 0 Å². The highest BCUT2D eigenvalue weighted by molar-refractivity contribution is 6.30. The molecule has 1 aliphatic rings. The average Bonchev–Trinajstić information content (AvgIpc) is 3.01. The number of H-pyrrole nitrogens is 1. The Morgan fingerprint density at radius 2 is 1.83 bits per heavy atom. The Kier molecular flexibility index (Phi) is 3.64. The second-order valence-corrected chi connectivity index (χ2v) is 6.10. The van der Waals surface area contributed by atoms with Crippen LogP contribution in [0.5, 0.6) is 0 Å². The van der Waals surface area contributed by atoms with Crippen LogP contribution >= 0.6 is 11.6 Å². The summed E-state index contributed by atoms with van der Waals surface area (Å²) in [6, 6.07) is 18.2. The molecule has 0 aliphatic carbocycles. The molecule has 3 aromatic rings. The zero-order valence-corrected chi connectivity index (χ0v) is 13.3. The van der Waals surface area contributed by atoms with Crippen molar-refractivity contribution in [2.45, 2.75) is 13.1 Å². The summed E-state index contributed by atoms with van der Waals surface area (Å²) in [6.45, 7) is 1.65. The molecule has 1 aliphatic heterocycles. The fourth-order valence-corrected chi connectivity index (χ4v) is 2.90. The minimum absolute atomic E-state index is 0.769. The molecule has 0 saturated carbocycles. The maximum absolute atomic E-state index is 5.94. The maximum atomic E-state index is 5.94. The van der Waals surface area contributed by atoms with Crippen LogP contribution < -0.4 is 0 Å². The first-order chi connectivity index (χ1) is 11.3. The van der Waals surface area contributed by atoms with E-state index in [9.17, 15) is 0 Å². The third-order valence-corrected chi connectivity index (χ3v) is 4.21. The molecule has 1 N–H and O–H groups in total. The fourth-order valence-electron chi connectivity index (χ4n) is 2.77. The molecule has 0 saturated heterocycles. The van der Waals surface area contributed by atoms with E-state index in [0.717, 1.165) is 40.9 Å². The number of aromatic nitrogens is 2. The van der Waals surface area contributed by atoms with Gasteiger partial charge in [0, 0.05) is 23.3 Å². The maximum Gasteiger partial charge on any atom is 0.138 e. The molecule has 0 spiro atoms. The van der Waals surface area contributed by atoms with Crippen molar-refractivity contribution in [3.05, 3.63) is 82.8 Å². The van der Waals surface area contributed by atoms with Gasteiger partial charge in [0.25, 0.3) is 0 Å². The van der Waals surface area contributed by atoms with Gasteiger partial charge in [-0.15, -0.1) is 0 Å². The van der Waals surface area contributed by atoms with E-state index in [4.69, 9.17) is 16.6 Å². The van der Waals surface area contributed by atoms with Crippen molar-refractivity contribution in [2.75, 3.05) is 0 Å². The van der Waals surface area contributed by atoms with E-state index in [1.807, 2.05) is 30.3 Å². The summed E-state index contributed by atoms with van der Waals surface area (Å²) in [6.07, 6.45) is 4.21. The van der Waals surface area contributed by atoms with Gasteiger partial charge < -0.3 is 9.88 Å². The highest BCUT2D eigenvalue weighted by atomic mass is 35.5. The molecule has 0 bridgehead atoms. The first kappa shape index (κ1) is 14.1. The quantitative estimate of drug-likeness (QED) is 0.757. The number of rotatable bonds is 3. The number of aromatic amines is 1. The predicted octanol–water partition coefficient (Wildman–Crippen LogP) is 4.72. The summed E-state index contributed by atoms with van der Waals surface area (Å²) in [7, 11) is 0. The number of hydrogen-bond donors (Lipinski definition) is 1. The molecule has 0 fully saturated rings. The first-order valence-corrected chi connectivity index (χ1v) is 7.97. The van der Waals surface area contributed by atoms with Crippen molar-refractivity contribution in [2.24, 2.45) is 0 Å². The molecule has 1 aromatic heterocycles. The zero-order valence-electron chi connectivity index (χ0n) is 12.5. The second-order valence-electron chi connectivity index (χ2n) is 5.66. The lowest BCUT2D eigenvalue weighted by atomic mass is 10.2. The average molecular weight is 322 g/mol. The number of benzene rings is 2. The van der Waals surface area contributed by atoms with Crippen molar-refractivity contribution < 1.29 is 0 Å². The van der Waals surface area contributed by atoms with Gasteiger partial charge in [0.05, 0.1) is 17.9 Å². The van der Waals surface area contributed by atoms with E-state index in [-0.39, 0.29) is 0 Å². The summed E-state index contributed by atoms with van der Waals surface area (Å²) >= 11 is 5.94. The number of nitrogens with one attached hydrogen (secondary N) is 1. The lowest BCUT2D eigenvalue weighted by molar-refractivity contribution is 0.355. The van der Waals surface area contributed by atoms with E-state index >= 15 is 0 Å². The van der Waals surface area contributed by atoms with E-state index in [2.05, 4.69) is 46.4 Å². The van der Waals surface area contributed by atoms with Crippen LogP contribution in [-0.4, -0.2) is 14.9 Å². The molecule has 0 atom stereocenters. The molecule has 3 nitrogen and oxygen atoms in total. The van der Waals surface area contributed by atoms with Crippen molar-refractivity contribution in [1.29, 1.82) is 0 Å². The second kappa shape index (κ2) is 5.94. The molecule has 0 radical (unpaired) electrons. The highest BCUT2D eigenvalue weighted by Gasteiger charge is 2.16. The molecule has 23 heavy (non-hydrogen) atoms. The molecule has 0 amide bonds. The highest BCUT2D eigenvalue weighted by Crippen LogP contribution is 2.24. The Morgan fingerprint density at radius 3 is 2.61 bits per heavy atom. The lowest BCUT2D eigenvalue weighted by Crippen LogP contribution is -2.19. The SMILES string of the molecule is Clc1ccc(CN2C=Cc3[nH]c(-c4ccccc4)nc3C2)cc1. The van der Waals surface area contributed by atoms with Crippen LogP contribution in [0.2, 0.25) is 5.02 Å². The summed E-state index contributed by atoms with van der Waals surface area (Å²) in [5.41, 5.74) is 4.53. The molecule has 0 unspecified atom stereocenters. The number of fused-ring (bicyclic) bond motifs is 1. The molecule has 4 heteroatoms. The Balaban J connectivity index is 1.53. The van der Waals surface area contributed by atoms with Gasteiger partial charge in [-0.2, -0.15) is 0 Å². The summed E-state index contributed by atoms with van der Waals surface area (Å²) in [4.78, 5) is 10.4. The molecule has 2 aromatic carbocycles. The van der Waals surface area contributed by atoms with Gasteiger partial charge >= 0.3 is 0 Å². The van der Waals surface area contributed by atoms with Crippen LogP contribution in [0.4, 0.5) is 0 Å². The Labute approximate surface area is 140 Å². The van der Waals surface area contributed by atoms with E-state index in [1.54, 1.807) is 0 Å². The standard InChI is InChI=1S/C19H16ClN3/c20-16-8-6-14(7-9-16)12-23-11-10-17-18(13-23)22-19(21-17)15-4-2-1-3-5-15/h1-11H,12-13H2,(H,21,22). The Hall–Kier alpha value is -2.52. The topological polar surface area (TPSA) is 31.9 Å². The summed E-state index contributed by atoms with van der Waals surface area (Å²) in [5, 5.41) is 0.769. The van der Waals surface area contributed by atoms with Crippen molar-refractivity contribution in [3.8, 4) is 11.4 Å². The number of hydrogen-bond acceptors (Lipinski definition) is 2. The number of halogens is 1. The van der Waals surface area contributed by atoms with Gasteiger partial charge in [-0.3, -0.25) is 0 Å². The smallest absolute Gasteiger partial charge is 0.138 e. The van der Waals surface area contributed by atoms with Crippen LogP contribution in [0.3, 0.4) is 0 Å². The van der Waals surface area contributed by atoms with Crippen molar-refractivity contribution in [1.82, 2.24) is 14.9 Å². The molecular formula is C19H16ClN3. The minimum atomic E-state index is 0.769. The fraction of sp³-hybridized carbons (Fsp3) is 0.105. The largest absolute Gasteiger partial charge is 0.367 e. The van der Waals surface area contributed by atoms with Crippen LogP contribution in [0.1, 0.15) is 17.0 Å². The molecule has 4 rings (SSSR count). The normalized spacial score (nSPS) is 13.2. The van der Waals surface area contributed by atoms with Gasteiger partial charge in [-0.1, -0.05) is 54.1 Å². The summed E-state index contributed by atoms with van der Waals surface area (Å²) < 4.78 is 0. The van der Waals surface area contributed by atoms with Crippen LogP contribution in [0.25, 0.3) is 17.5 Å². The van der Waals surface area contributed by atoms with E-state index in [0.29, 0.717) is 0 Å². The van der Waals surface area contributed by atoms with Gasteiger partial charge in [0.2, 0.25) is 0 Å². The van der Waals surface area contributed by atoms with Crippen LogP contribution in [-0.2, 0) is 13.1 Å². The lowest BCUT2D eigenvalue weighted by Gasteiger charge is -2.22. The molecular weight excluding hydrogens is 306 g/mol. The predicted molar refractivity (Wildman–Crippen MR) is 93.8 cm³/mol. The Bertz CT molecular complexity index is 835. The van der Waals surface area contributed by atoms with E-state index in [1.165, 1.54) is 5.56 Å². The zero-order chi connectivity index (χ0) is 15.6. The minimum Gasteiger partial charge on any atom is -0.367 e.